The summed E-state index contributed by atoms with van der Waals surface area (Å²) in [5.74, 6) is 0.377. The van der Waals surface area contributed by atoms with Crippen molar-refractivity contribution in [1.29, 1.82) is 0 Å². The summed E-state index contributed by atoms with van der Waals surface area (Å²) in [7, 11) is 0. The highest BCUT2D eigenvalue weighted by molar-refractivity contribution is 14.0. The van der Waals surface area contributed by atoms with Gasteiger partial charge in [-0.2, -0.15) is 0 Å². The zero-order chi connectivity index (χ0) is 20.1. The van der Waals surface area contributed by atoms with Crippen LogP contribution in [-0.2, 0) is 11.3 Å². The topological polar surface area (TPSA) is 57.3 Å². The molecule has 8 heteroatoms. The van der Waals surface area contributed by atoms with Gasteiger partial charge in [0.05, 0.1) is 19.8 Å². The minimum absolute atomic E-state index is 0. The van der Waals surface area contributed by atoms with E-state index in [1.165, 1.54) is 23.4 Å². The molecule has 0 aromatic heterocycles. The van der Waals surface area contributed by atoms with Crippen molar-refractivity contribution >= 4 is 41.3 Å². The van der Waals surface area contributed by atoms with Gasteiger partial charge in [0.2, 0.25) is 0 Å². The lowest BCUT2D eigenvalue weighted by atomic mass is 10.1. The van der Waals surface area contributed by atoms with Crippen LogP contribution in [0.3, 0.4) is 0 Å². The van der Waals surface area contributed by atoms with Crippen molar-refractivity contribution in [2.24, 2.45) is 10.7 Å². The van der Waals surface area contributed by atoms with E-state index in [-0.39, 0.29) is 29.8 Å². The molecule has 2 saturated heterocycles. The fraction of sp³-hybridized carbons (Fsp3) is 0.409. The molecule has 0 spiro atoms. The minimum Gasteiger partial charge on any atom is -0.378 e. The van der Waals surface area contributed by atoms with Gasteiger partial charge >= 0.3 is 0 Å². The number of ether oxygens (including phenoxy) is 1. The van der Waals surface area contributed by atoms with Gasteiger partial charge in [0.1, 0.15) is 5.82 Å². The maximum Gasteiger partial charge on any atom is 0.191 e. The molecule has 0 atom stereocenters. The second kappa shape index (κ2) is 10.8. The van der Waals surface area contributed by atoms with E-state index in [0.717, 1.165) is 58.2 Å². The Balaban J connectivity index is 0.00000256. The van der Waals surface area contributed by atoms with Gasteiger partial charge in [-0.05, 0) is 35.9 Å². The van der Waals surface area contributed by atoms with E-state index < -0.39 is 0 Å². The van der Waals surface area contributed by atoms with Crippen LogP contribution in [0.4, 0.5) is 15.8 Å². The third-order valence-electron chi connectivity index (χ3n) is 5.55. The molecule has 4 rings (SSSR count). The van der Waals surface area contributed by atoms with Crippen molar-refractivity contribution in [2.45, 2.75) is 6.54 Å². The second-order valence-electron chi connectivity index (χ2n) is 7.35. The highest BCUT2D eigenvalue weighted by atomic mass is 127. The summed E-state index contributed by atoms with van der Waals surface area (Å²) < 4.78 is 18.6. The van der Waals surface area contributed by atoms with Crippen molar-refractivity contribution in [3.63, 3.8) is 0 Å². The zero-order valence-electron chi connectivity index (χ0n) is 17.0. The largest absolute Gasteiger partial charge is 0.378 e. The van der Waals surface area contributed by atoms with Crippen molar-refractivity contribution in [1.82, 2.24) is 4.90 Å². The molecule has 2 aromatic rings. The first kappa shape index (κ1) is 22.6. The molecule has 2 heterocycles. The van der Waals surface area contributed by atoms with Crippen molar-refractivity contribution in [2.75, 3.05) is 62.3 Å². The lowest BCUT2D eigenvalue weighted by Crippen LogP contribution is -2.51. The monoisotopic (exact) mass is 525 g/mol. The fourth-order valence-corrected chi connectivity index (χ4v) is 3.87. The number of benzene rings is 2. The van der Waals surface area contributed by atoms with Crippen molar-refractivity contribution in [3.8, 4) is 0 Å². The van der Waals surface area contributed by atoms with Gasteiger partial charge < -0.3 is 25.2 Å². The Kier molecular flexibility index (Phi) is 8.15. The van der Waals surface area contributed by atoms with Crippen LogP contribution >= 0.6 is 24.0 Å². The number of anilines is 2. The molecule has 0 saturated carbocycles. The van der Waals surface area contributed by atoms with Gasteiger partial charge in [0, 0.05) is 50.6 Å². The number of morpholine rings is 1. The molecular weight excluding hydrogens is 496 g/mol. The molecule has 0 unspecified atom stereocenters. The van der Waals surface area contributed by atoms with E-state index in [9.17, 15) is 4.39 Å². The Bertz CT molecular complexity index is 834. The lowest BCUT2D eigenvalue weighted by Gasteiger charge is -2.36. The Morgan fingerprint density at radius 1 is 0.900 bits per heavy atom. The molecule has 2 fully saturated rings. The molecule has 0 bridgehead atoms. The smallest absolute Gasteiger partial charge is 0.191 e. The number of halogens is 2. The third kappa shape index (κ3) is 5.54. The number of rotatable bonds is 4. The van der Waals surface area contributed by atoms with E-state index >= 15 is 0 Å². The molecule has 2 aliphatic rings. The first-order valence-corrected chi connectivity index (χ1v) is 10.2. The maximum atomic E-state index is 13.1. The first-order valence-electron chi connectivity index (χ1n) is 10.2. The Labute approximate surface area is 194 Å². The predicted octanol–water partition coefficient (Wildman–Crippen LogP) is 2.92. The highest BCUT2D eigenvalue weighted by Crippen LogP contribution is 2.22. The van der Waals surface area contributed by atoms with Crippen LogP contribution in [0.15, 0.2) is 53.5 Å². The summed E-state index contributed by atoms with van der Waals surface area (Å²) in [6, 6.07) is 15.0. The standard InChI is InChI=1S/C22H28FN5O.HI/c23-19-5-7-20(8-6-19)26-9-11-28(12-10-26)22(24)25-17-18-3-1-2-4-21(18)27-13-15-29-16-14-27;/h1-8H,9-17H2,(H2,24,25);1H. The van der Waals surface area contributed by atoms with Gasteiger partial charge in [-0.1, -0.05) is 18.2 Å². The summed E-state index contributed by atoms with van der Waals surface area (Å²) in [5.41, 5.74) is 9.74. The highest BCUT2D eigenvalue weighted by Gasteiger charge is 2.19. The first-order chi connectivity index (χ1) is 14.2. The molecule has 6 nitrogen and oxygen atoms in total. The van der Waals surface area contributed by atoms with Crippen LogP contribution in [0, 0.1) is 5.82 Å². The molecule has 0 amide bonds. The summed E-state index contributed by atoms with van der Waals surface area (Å²) in [6.07, 6.45) is 0. The van der Waals surface area contributed by atoms with E-state index in [1.54, 1.807) is 0 Å². The van der Waals surface area contributed by atoms with Crippen LogP contribution < -0.4 is 15.5 Å². The average Bonchev–Trinajstić information content (AvgIpc) is 2.79. The molecule has 2 aliphatic heterocycles. The molecule has 0 aliphatic carbocycles. The summed E-state index contributed by atoms with van der Waals surface area (Å²) >= 11 is 0. The maximum absolute atomic E-state index is 13.1. The van der Waals surface area contributed by atoms with E-state index in [2.05, 4.69) is 37.9 Å². The van der Waals surface area contributed by atoms with Gasteiger partial charge in [-0.25, -0.2) is 9.38 Å². The fourth-order valence-electron chi connectivity index (χ4n) is 3.87. The van der Waals surface area contributed by atoms with Crippen LogP contribution in [-0.4, -0.2) is 63.3 Å². The van der Waals surface area contributed by atoms with Crippen LogP contribution in [0.25, 0.3) is 0 Å². The molecular formula is C22H29FIN5O. The Hall–Kier alpha value is -2.07. The second-order valence-corrected chi connectivity index (χ2v) is 7.35. The lowest BCUT2D eigenvalue weighted by molar-refractivity contribution is 0.122. The predicted molar refractivity (Wildman–Crippen MR) is 130 cm³/mol. The summed E-state index contributed by atoms with van der Waals surface area (Å²) in [6.45, 7) is 7.19. The van der Waals surface area contributed by atoms with Gasteiger partial charge in [0.25, 0.3) is 0 Å². The summed E-state index contributed by atoms with van der Waals surface area (Å²) in [4.78, 5) is 11.4. The number of aliphatic imine (C=N–C) groups is 1. The Morgan fingerprint density at radius 2 is 1.57 bits per heavy atom. The van der Waals surface area contributed by atoms with Gasteiger partial charge in [-0.3, -0.25) is 0 Å². The Morgan fingerprint density at radius 3 is 2.27 bits per heavy atom. The molecule has 0 radical (unpaired) electrons. The van der Waals surface area contributed by atoms with E-state index in [4.69, 9.17) is 10.5 Å². The van der Waals surface area contributed by atoms with Gasteiger partial charge in [-0.15, -0.1) is 24.0 Å². The molecule has 162 valence electrons. The van der Waals surface area contributed by atoms with Crippen molar-refractivity contribution < 1.29 is 9.13 Å². The number of hydrogen-bond donors (Lipinski definition) is 1. The normalized spacial score (nSPS) is 17.6. The quantitative estimate of drug-likeness (QED) is 0.378. The minimum atomic E-state index is -0.207. The van der Waals surface area contributed by atoms with Crippen LogP contribution in [0.1, 0.15) is 5.56 Å². The zero-order valence-corrected chi connectivity index (χ0v) is 19.4. The molecule has 30 heavy (non-hydrogen) atoms. The molecule has 2 aromatic carbocycles. The number of nitrogens with two attached hydrogens (primary N) is 1. The van der Waals surface area contributed by atoms with E-state index in [0.29, 0.717) is 12.5 Å². The third-order valence-corrected chi connectivity index (χ3v) is 5.55. The molecule has 2 N–H and O–H groups in total. The summed E-state index contributed by atoms with van der Waals surface area (Å²) in [5, 5.41) is 0. The average molecular weight is 525 g/mol. The van der Waals surface area contributed by atoms with Crippen molar-refractivity contribution in [3.05, 3.63) is 59.9 Å². The van der Waals surface area contributed by atoms with E-state index in [1.807, 2.05) is 18.2 Å². The number of para-hydroxylation sites is 1. The van der Waals surface area contributed by atoms with Crippen LogP contribution in [0.5, 0.6) is 0 Å². The van der Waals surface area contributed by atoms with Gasteiger partial charge in [0.15, 0.2) is 5.96 Å². The number of guanidine groups is 1. The number of piperazine rings is 1. The number of nitrogens with zero attached hydrogens (tertiary/aromatic N) is 4. The van der Waals surface area contributed by atoms with Crippen LogP contribution in [0.2, 0.25) is 0 Å². The number of hydrogen-bond acceptors (Lipinski definition) is 4. The SMILES string of the molecule is I.NC(=NCc1ccccc1N1CCOCC1)N1CCN(c2ccc(F)cc2)CC1.